The zero-order valence-electron chi connectivity index (χ0n) is 3.64. The summed E-state index contributed by atoms with van der Waals surface area (Å²) in [6.45, 7) is 0. The zero-order valence-corrected chi connectivity index (χ0v) is 6.52. The second-order valence-corrected chi connectivity index (χ2v) is 0.603. The summed E-state index contributed by atoms with van der Waals surface area (Å²) in [7, 11) is -2.60. The fourth-order valence-electron chi connectivity index (χ4n) is 0. The molecule has 0 unspecified atom stereocenters. The van der Waals surface area contributed by atoms with E-state index in [1.807, 2.05) is 0 Å². The molecule has 0 saturated carbocycles. The number of halogens is 1. The van der Waals surface area contributed by atoms with Crippen molar-refractivity contribution in [1.29, 1.82) is 0 Å². The molecule has 5 heavy (non-hydrogen) atoms. The Kier molecular flexibility index (Phi) is 11.5. The Labute approximate surface area is 76.3 Å². The summed E-state index contributed by atoms with van der Waals surface area (Å²) in [6.07, 6.45) is 0. The van der Waals surface area contributed by atoms with E-state index in [0.717, 1.165) is 0 Å². The topological polar surface area (TPSA) is 66.3 Å². The monoisotopic (exact) mass is 124 g/mol. The maximum Gasteiger partial charge on any atom is 1.00 e. The normalized spacial score (nSPS) is 7.20. The van der Waals surface area contributed by atoms with Crippen LogP contribution in [-0.4, -0.2) is 4.66 Å². The van der Waals surface area contributed by atoms with E-state index in [9.17, 15) is 0 Å². The standard InChI is InChI=1S/ClHO3.K.H/c2-1(3)4;;/h2H;;/q;+1;-1. The van der Waals surface area contributed by atoms with Crippen LogP contribution in [0.3, 0.4) is 0 Å². The maximum absolute atomic E-state index is 8.52. The van der Waals surface area contributed by atoms with E-state index >= 15 is 0 Å². The van der Waals surface area contributed by atoms with Gasteiger partial charge in [0.25, 0.3) is 10.8 Å². The molecule has 0 aliphatic carbocycles. The molecular formula is H2ClKO3. The van der Waals surface area contributed by atoms with Gasteiger partial charge in [0, 0.05) is 4.66 Å². The fourth-order valence-corrected chi connectivity index (χ4v) is 0. The SMILES string of the molecule is [H-].[K+].[O-][Cl+2]([O-])O. The van der Waals surface area contributed by atoms with Gasteiger partial charge in [0.2, 0.25) is 0 Å². The van der Waals surface area contributed by atoms with E-state index in [1.165, 1.54) is 0 Å². The molecule has 0 aromatic heterocycles. The van der Waals surface area contributed by atoms with Crippen LogP contribution in [0.1, 0.15) is 1.43 Å². The van der Waals surface area contributed by atoms with Gasteiger partial charge >= 0.3 is 51.4 Å². The minimum absolute atomic E-state index is 0. The molecular weight excluding hydrogens is 123 g/mol. The summed E-state index contributed by atoms with van der Waals surface area (Å²) >= 11 is 0. The fraction of sp³-hybridized carbons (Fsp3) is 0. The summed E-state index contributed by atoms with van der Waals surface area (Å²) in [6, 6.07) is 0. The summed E-state index contributed by atoms with van der Waals surface area (Å²) < 4.78 is 24.0. The molecule has 0 aliphatic heterocycles. The van der Waals surface area contributed by atoms with Crippen LogP contribution in [0.25, 0.3) is 0 Å². The third-order valence-electron chi connectivity index (χ3n) is 0. The second-order valence-electron chi connectivity index (χ2n) is 0.201. The van der Waals surface area contributed by atoms with Crippen LogP contribution in [0.5, 0.6) is 0 Å². The van der Waals surface area contributed by atoms with E-state index in [-0.39, 0.29) is 52.8 Å². The average molecular weight is 125 g/mol. The minimum Gasteiger partial charge on any atom is -1.00 e. The van der Waals surface area contributed by atoms with E-state index < -0.39 is 10.8 Å². The van der Waals surface area contributed by atoms with Crippen molar-refractivity contribution in [3.8, 4) is 0 Å². The Bertz CT molecular complexity index is 15.5. The van der Waals surface area contributed by atoms with Crippen LogP contribution in [-0.2, 0) is 0 Å². The van der Waals surface area contributed by atoms with Gasteiger partial charge in [-0.25, -0.2) is 0 Å². The Morgan fingerprint density at radius 1 is 1.60 bits per heavy atom. The zero-order chi connectivity index (χ0) is 3.58. The van der Waals surface area contributed by atoms with Crippen molar-refractivity contribution in [2.75, 3.05) is 0 Å². The number of hydrogen-bond acceptors (Lipinski definition) is 3. The first-order chi connectivity index (χ1) is 1.73. The number of rotatable bonds is 0. The van der Waals surface area contributed by atoms with Crippen molar-refractivity contribution in [2.45, 2.75) is 0 Å². The Morgan fingerprint density at radius 2 is 1.60 bits per heavy atom. The maximum atomic E-state index is 8.52. The van der Waals surface area contributed by atoms with Gasteiger partial charge in [0.05, 0.1) is 0 Å². The summed E-state index contributed by atoms with van der Waals surface area (Å²) in [5.74, 6) is 0. The molecule has 28 valence electrons. The molecule has 0 rings (SSSR count). The predicted molar refractivity (Wildman–Crippen MR) is 3.33 cm³/mol. The van der Waals surface area contributed by atoms with Crippen LogP contribution in [0.4, 0.5) is 0 Å². The predicted octanol–water partition coefficient (Wildman–Crippen LogP) is -5.82. The van der Waals surface area contributed by atoms with Gasteiger partial charge in [-0.15, -0.1) is 0 Å². The molecule has 5 heteroatoms. The summed E-state index contributed by atoms with van der Waals surface area (Å²) in [4.78, 5) is 0. The molecule has 0 amide bonds. The Morgan fingerprint density at radius 3 is 1.60 bits per heavy atom. The quantitative estimate of drug-likeness (QED) is 0.327. The first-order valence-electron chi connectivity index (χ1n) is 0.478. The van der Waals surface area contributed by atoms with Crippen molar-refractivity contribution in [1.82, 2.24) is 0 Å². The Balaban J connectivity index is -0.0000000450. The van der Waals surface area contributed by atoms with Crippen LogP contribution in [0, 0.1) is 10.8 Å². The van der Waals surface area contributed by atoms with Crippen LogP contribution < -0.4 is 60.7 Å². The van der Waals surface area contributed by atoms with E-state index in [1.54, 1.807) is 0 Å². The molecule has 0 aromatic carbocycles. The molecule has 3 nitrogen and oxygen atoms in total. The van der Waals surface area contributed by atoms with Crippen molar-refractivity contribution in [3.63, 3.8) is 0 Å². The van der Waals surface area contributed by atoms with Gasteiger partial charge in [-0.1, -0.05) is 0 Å². The van der Waals surface area contributed by atoms with Crippen LogP contribution in [0.15, 0.2) is 0 Å². The molecule has 1 N–H and O–H groups in total. The Hall–Kier alpha value is 1.81. The average Bonchev–Trinajstić information content (AvgIpc) is 0.811. The second kappa shape index (κ2) is 5.81. The van der Waals surface area contributed by atoms with Crippen LogP contribution in [0.2, 0.25) is 0 Å². The van der Waals surface area contributed by atoms with E-state index in [0.29, 0.717) is 0 Å². The van der Waals surface area contributed by atoms with Gasteiger partial charge in [-0.2, -0.15) is 0 Å². The first kappa shape index (κ1) is 9.93. The molecule has 0 aliphatic rings. The first-order valence-corrected chi connectivity index (χ1v) is 1.43. The summed E-state index contributed by atoms with van der Waals surface area (Å²) in [5.41, 5.74) is 0. The molecule has 0 aromatic rings. The van der Waals surface area contributed by atoms with Gasteiger partial charge in [0.15, 0.2) is 0 Å². The van der Waals surface area contributed by atoms with E-state index in [2.05, 4.69) is 0 Å². The largest absolute Gasteiger partial charge is 1.00 e. The van der Waals surface area contributed by atoms with Gasteiger partial charge in [-0.3, -0.25) is 0 Å². The van der Waals surface area contributed by atoms with Crippen molar-refractivity contribution in [2.24, 2.45) is 0 Å². The van der Waals surface area contributed by atoms with Gasteiger partial charge < -0.3 is 10.7 Å². The van der Waals surface area contributed by atoms with Crippen molar-refractivity contribution in [3.05, 3.63) is 0 Å². The molecule has 0 radical (unpaired) electrons. The molecule has 0 bridgehead atoms. The molecule has 0 fully saturated rings. The van der Waals surface area contributed by atoms with E-state index in [4.69, 9.17) is 14.0 Å². The van der Waals surface area contributed by atoms with Crippen LogP contribution >= 0.6 is 0 Å². The summed E-state index contributed by atoms with van der Waals surface area (Å²) in [5, 5.41) is 0. The minimum atomic E-state index is -2.60. The van der Waals surface area contributed by atoms with Crippen molar-refractivity contribution < 1.29 is 77.6 Å². The molecule has 0 heterocycles. The smallest absolute Gasteiger partial charge is 1.00 e. The molecule has 0 spiro atoms. The van der Waals surface area contributed by atoms with Gasteiger partial charge in [-0.05, 0) is 0 Å². The third kappa shape index (κ3) is 25.8. The molecule has 0 saturated heterocycles. The van der Waals surface area contributed by atoms with Gasteiger partial charge in [0.1, 0.15) is 0 Å². The third-order valence-corrected chi connectivity index (χ3v) is 0. The van der Waals surface area contributed by atoms with Crippen molar-refractivity contribution >= 4 is 0 Å². The molecule has 0 atom stereocenters. The number of hydrogen-bond donors (Lipinski definition) is 1.